The average Bonchev–Trinajstić information content (AvgIpc) is 2.76. The molecule has 0 saturated heterocycles. The summed E-state index contributed by atoms with van der Waals surface area (Å²) in [5, 5.41) is 8.85. The summed E-state index contributed by atoms with van der Waals surface area (Å²) in [6.45, 7) is 10.4. The second-order valence-electron chi connectivity index (χ2n) is 7.85. The van der Waals surface area contributed by atoms with Crippen LogP contribution < -0.4 is 16.0 Å². The molecule has 0 spiro atoms. The van der Waals surface area contributed by atoms with Crippen molar-refractivity contribution in [1.29, 1.82) is 0 Å². The first-order valence-electron chi connectivity index (χ1n) is 10.9. The van der Waals surface area contributed by atoms with Gasteiger partial charge < -0.3 is 30.3 Å². The molecule has 2 amide bonds. The number of nitrogens with one attached hydrogen (secondary N) is 3. The van der Waals surface area contributed by atoms with Crippen LogP contribution in [0.1, 0.15) is 46.2 Å². The third-order valence-corrected chi connectivity index (χ3v) is 5.22. The van der Waals surface area contributed by atoms with Gasteiger partial charge in [-0.3, -0.25) is 4.79 Å². The molecule has 0 fully saturated rings. The first-order chi connectivity index (χ1) is 15.7. The fourth-order valence-electron chi connectivity index (χ4n) is 3.30. The maximum Gasteiger partial charge on any atom is 0.338 e. The van der Waals surface area contributed by atoms with E-state index in [0.29, 0.717) is 29.5 Å². The Kier molecular flexibility index (Phi) is 9.65. The van der Waals surface area contributed by atoms with Gasteiger partial charge in [0.25, 0.3) is 0 Å². The Hall–Kier alpha value is -3.14. The Morgan fingerprint density at radius 2 is 1.82 bits per heavy atom. The summed E-state index contributed by atoms with van der Waals surface area (Å²) < 4.78 is 10.3. The number of thiocarbonyl (C=S) groups is 1. The molecule has 180 valence electrons. The highest BCUT2D eigenvalue weighted by atomic mass is 32.1. The third kappa shape index (κ3) is 7.18. The molecule has 1 aliphatic heterocycles. The number of carbonyl (C=O) groups excluding carboxylic acids is 3. The number of esters is 2. The molecule has 0 aliphatic carbocycles. The summed E-state index contributed by atoms with van der Waals surface area (Å²) in [5.74, 6) is -0.684. The molecule has 3 N–H and O–H groups in total. The van der Waals surface area contributed by atoms with Gasteiger partial charge in [0.15, 0.2) is 5.11 Å². The number of ether oxygens (including phenoxy) is 2. The molecule has 1 aromatic carbocycles. The summed E-state index contributed by atoms with van der Waals surface area (Å²) >= 11 is 5.50. The summed E-state index contributed by atoms with van der Waals surface area (Å²) in [4.78, 5) is 38.2. The maximum absolute atomic E-state index is 13.0. The van der Waals surface area contributed by atoms with Crippen molar-refractivity contribution in [2.24, 2.45) is 5.92 Å². The minimum absolute atomic E-state index is 0.216. The SMILES string of the molecule is CCOC(=O)CNC(=O)Nc1ccc(C2NC(=S)N(CC)C(C)=C2C(=O)OCC(C)C)cc1. The molecule has 1 unspecified atom stereocenters. The molecule has 33 heavy (non-hydrogen) atoms. The van der Waals surface area contributed by atoms with Crippen LogP contribution in [0.5, 0.6) is 0 Å². The van der Waals surface area contributed by atoms with Gasteiger partial charge in [0.05, 0.1) is 24.8 Å². The van der Waals surface area contributed by atoms with Crippen LogP contribution in [0.2, 0.25) is 0 Å². The molecule has 2 rings (SSSR count). The zero-order chi connectivity index (χ0) is 24.5. The highest BCUT2D eigenvalue weighted by Gasteiger charge is 2.34. The fraction of sp³-hybridized carbons (Fsp3) is 0.478. The molecule has 0 aromatic heterocycles. The van der Waals surface area contributed by atoms with E-state index in [0.717, 1.165) is 11.3 Å². The Labute approximate surface area is 199 Å². The number of hydrogen-bond donors (Lipinski definition) is 3. The molecule has 1 aromatic rings. The van der Waals surface area contributed by atoms with Crippen LogP contribution in [0, 0.1) is 5.92 Å². The highest BCUT2D eigenvalue weighted by molar-refractivity contribution is 7.80. The van der Waals surface area contributed by atoms with Crippen LogP contribution in [0.25, 0.3) is 0 Å². The molecule has 0 radical (unpaired) electrons. The van der Waals surface area contributed by atoms with E-state index < -0.39 is 18.0 Å². The molecule has 9 nitrogen and oxygen atoms in total. The molecule has 1 heterocycles. The predicted molar refractivity (Wildman–Crippen MR) is 129 cm³/mol. The largest absolute Gasteiger partial charge is 0.465 e. The van der Waals surface area contributed by atoms with E-state index >= 15 is 0 Å². The third-order valence-electron chi connectivity index (χ3n) is 4.88. The van der Waals surface area contributed by atoms with Crippen LogP contribution in [0.15, 0.2) is 35.5 Å². The number of carbonyl (C=O) groups is 3. The average molecular weight is 477 g/mol. The van der Waals surface area contributed by atoms with Crippen molar-refractivity contribution in [1.82, 2.24) is 15.5 Å². The normalized spacial score (nSPS) is 15.8. The summed E-state index contributed by atoms with van der Waals surface area (Å²) in [6.07, 6.45) is 0. The van der Waals surface area contributed by atoms with Gasteiger partial charge in [-0.15, -0.1) is 0 Å². The van der Waals surface area contributed by atoms with E-state index in [1.54, 1.807) is 31.2 Å². The second-order valence-corrected chi connectivity index (χ2v) is 8.24. The first kappa shape index (κ1) is 26.1. The van der Waals surface area contributed by atoms with Crippen LogP contribution in [0.3, 0.4) is 0 Å². The second kappa shape index (κ2) is 12.2. The maximum atomic E-state index is 13.0. The van der Waals surface area contributed by atoms with Crippen molar-refractivity contribution < 1.29 is 23.9 Å². The number of amides is 2. The van der Waals surface area contributed by atoms with Gasteiger partial charge >= 0.3 is 18.0 Å². The predicted octanol–water partition coefficient (Wildman–Crippen LogP) is 3.10. The molecule has 1 atom stereocenters. The number of benzene rings is 1. The van der Waals surface area contributed by atoms with E-state index in [4.69, 9.17) is 21.7 Å². The van der Waals surface area contributed by atoms with Crippen LogP contribution in [-0.2, 0) is 19.1 Å². The van der Waals surface area contributed by atoms with Gasteiger partial charge in [0, 0.05) is 17.9 Å². The van der Waals surface area contributed by atoms with Crippen LogP contribution >= 0.6 is 12.2 Å². The van der Waals surface area contributed by atoms with Gasteiger partial charge in [0.2, 0.25) is 0 Å². The topological polar surface area (TPSA) is 109 Å². The number of anilines is 1. The van der Waals surface area contributed by atoms with Gasteiger partial charge in [-0.25, -0.2) is 9.59 Å². The Morgan fingerprint density at radius 1 is 1.15 bits per heavy atom. The van der Waals surface area contributed by atoms with Crippen molar-refractivity contribution in [3.05, 3.63) is 41.1 Å². The molecule has 0 bridgehead atoms. The molecular formula is C23H32N4O5S. The van der Waals surface area contributed by atoms with Crippen LogP contribution in [-0.4, -0.2) is 54.3 Å². The lowest BCUT2D eigenvalue weighted by molar-refractivity contribution is -0.142. The minimum Gasteiger partial charge on any atom is -0.465 e. The van der Waals surface area contributed by atoms with Gasteiger partial charge in [-0.1, -0.05) is 26.0 Å². The van der Waals surface area contributed by atoms with E-state index in [2.05, 4.69) is 16.0 Å². The lowest BCUT2D eigenvalue weighted by Gasteiger charge is -2.37. The van der Waals surface area contributed by atoms with Crippen molar-refractivity contribution in [3.8, 4) is 0 Å². The van der Waals surface area contributed by atoms with Gasteiger partial charge in [-0.2, -0.15) is 0 Å². The first-order valence-corrected chi connectivity index (χ1v) is 11.3. The fourth-order valence-corrected chi connectivity index (χ4v) is 3.68. The summed E-state index contributed by atoms with van der Waals surface area (Å²) in [5.41, 5.74) is 2.57. The van der Waals surface area contributed by atoms with Crippen molar-refractivity contribution in [2.75, 3.05) is 31.6 Å². The zero-order valence-electron chi connectivity index (χ0n) is 19.7. The van der Waals surface area contributed by atoms with E-state index in [1.807, 2.05) is 32.6 Å². The number of rotatable bonds is 9. The van der Waals surface area contributed by atoms with Crippen molar-refractivity contribution in [3.63, 3.8) is 0 Å². The highest BCUT2D eigenvalue weighted by Crippen LogP contribution is 2.32. The van der Waals surface area contributed by atoms with Gasteiger partial charge in [0.1, 0.15) is 6.54 Å². The monoisotopic (exact) mass is 476 g/mol. The van der Waals surface area contributed by atoms with E-state index in [9.17, 15) is 14.4 Å². The Balaban J connectivity index is 2.18. The summed E-state index contributed by atoms with van der Waals surface area (Å²) in [6, 6.07) is 6.01. The molecule has 0 saturated carbocycles. The standard InChI is InChI=1S/C23H32N4O5S/c1-6-27-15(5)19(21(29)32-13-14(3)4)20(26-23(27)33)16-8-10-17(11-9-16)25-22(30)24-12-18(28)31-7-2/h8-11,14,20H,6-7,12-13H2,1-5H3,(H,26,33)(H2,24,25,30). The minimum atomic E-state index is -0.528. The van der Waals surface area contributed by atoms with E-state index in [1.165, 1.54) is 0 Å². The Morgan fingerprint density at radius 3 is 2.39 bits per heavy atom. The lowest BCUT2D eigenvalue weighted by Crippen LogP contribution is -2.47. The number of allylic oxidation sites excluding steroid dienone is 1. The number of urea groups is 1. The smallest absolute Gasteiger partial charge is 0.338 e. The summed E-state index contributed by atoms with van der Waals surface area (Å²) in [7, 11) is 0. The zero-order valence-corrected chi connectivity index (χ0v) is 20.5. The van der Waals surface area contributed by atoms with Crippen molar-refractivity contribution in [2.45, 2.75) is 40.7 Å². The van der Waals surface area contributed by atoms with Crippen LogP contribution in [0.4, 0.5) is 10.5 Å². The number of nitrogens with zero attached hydrogens (tertiary/aromatic N) is 1. The molecule has 10 heteroatoms. The van der Waals surface area contributed by atoms with Gasteiger partial charge in [-0.05, 0) is 56.6 Å². The lowest BCUT2D eigenvalue weighted by atomic mass is 9.95. The van der Waals surface area contributed by atoms with E-state index in [-0.39, 0.29) is 25.0 Å². The molecular weight excluding hydrogens is 444 g/mol. The Bertz CT molecular complexity index is 914. The molecule has 1 aliphatic rings. The van der Waals surface area contributed by atoms with Crippen molar-refractivity contribution >= 4 is 41.0 Å². The quantitative estimate of drug-likeness (QED) is 0.369. The number of hydrogen-bond acceptors (Lipinski definition) is 6.